The Morgan fingerprint density at radius 3 is 2.65 bits per heavy atom. The van der Waals surface area contributed by atoms with E-state index in [1.807, 2.05) is 6.92 Å². The smallest absolute Gasteiger partial charge is 0.355 e. The van der Waals surface area contributed by atoms with Gasteiger partial charge in [0.25, 0.3) is 0 Å². The van der Waals surface area contributed by atoms with Crippen LogP contribution in [0.3, 0.4) is 0 Å². The van der Waals surface area contributed by atoms with Gasteiger partial charge in [0.05, 0.1) is 0 Å². The Bertz CT molecular complexity index is 601. The van der Waals surface area contributed by atoms with Crippen molar-refractivity contribution < 1.29 is 9.90 Å². The molecular formula is C10H7Cl3N2O2. The lowest BCUT2D eigenvalue weighted by Gasteiger charge is -2.08. The first kappa shape index (κ1) is 12.5. The van der Waals surface area contributed by atoms with Crippen molar-refractivity contribution in [2.75, 3.05) is 0 Å². The van der Waals surface area contributed by atoms with Gasteiger partial charge in [0.1, 0.15) is 11.3 Å². The fourth-order valence-electron chi connectivity index (χ4n) is 1.55. The molecule has 0 bridgehead atoms. The number of aryl methyl sites for hydroxylation is 1. The van der Waals surface area contributed by atoms with Crippen LogP contribution in [0.4, 0.5) is 0 Å². The number of hydrogen-bond acceptors (Lipinski definition) is 2. The molecule has 0 amide bonds. The summed E-state index contributed by atoms with van der Waals surface area (Å²) in [5.41, 5.74) is 1.15. The van der Waals surface area contributed by atoms with E-state index in [4.69, 9.17) is 39.9 Å². The number of imidazole rings is 1. The number of carboxylic acids is 1. The summed E-state index contributed by atoms with van der Waals surface area (Å²) in [6.45, 7) is 1.87. The Morgan fingerprint density at radius 1 is 1.47 bits per heavy atom. The second-order valence-electron chi connectivity index (χ2n) is 3.54. The predicted molar refractivity (Wildman–Crippen MR) is 66.1 cm³/mol. The lowest BCUT2D eigenvalue weighted by molar-refractivity contribution is 0.0688. The highest BCUT2D eigenvalue weighted by molar-refractivity contribution is 6.66. The molecule has 0 unspecified atom stereocenters. The van der Waals surface area contributed by atoms with Gasteiger partial charge in [-0.05, 0) is 24.6 Å². The van der Waals surface area contributed by atoms with Crippen molar-refractivity contribution in [2.24, 2.45) is 0 Å². The van der Waals surface area contributed by atoms with Gasteiger partial charge >= 0.3 is 5.97 Å². The van der Waals surface area contributed by atoms with E-state index in [1.165, 1.54) is 4.40 Å². The molecule has 0 aromatic carbocycles. The third kappa shape index (κ3) is 2.20. The highest BCUT2D eigenvalue weighted by atomic mass is 35.6. The lowest BCUT2D eigenvalue weighted by atomic mass is 10.3. The van der Waals surface area contributed by atoms with E-state index in [1.54, 1.807) is 18.3 Å². The number of carboxylic acid groups (broad SMARTS) is 1. The minimum Gasteiger partial charge on any atom is -0.477 e. The quantitative estimate of drug-likeness (QED) is 0.822. The normalized spacial score (nSPS) is 12.0. The Hall–Kier alpha value is -0.970. The minimum atomic E-state index is -1.87. The van der Waals surface area contributed by atoms with Crippen LogP contribution >= 0.6 is 34.8 Å². The molecule has 0 radical (unpaired) electrons. The maximum Gasteiger partial charge on any atom is 0.355 e. The summed E-state index contributed by atoms with van der Waals surface area (Å²) >= 11 is 17.1. The van der Waals surface area contributed by atoms with Gasteiger partial charge in [-0.25, -0.2) is 9.78 Å². The second kappa shape index (κ2) is 4.05. The zero-order valence-electron chi connectivity index (χ0n) is 8.62. The molecule has 0 spiro atoms. The molecule has 2 heterocycles. The van der Waals surface area contributed by atoms with Crippen LogP contribution in [0.15, 0.2) is 18.3 Å². The summed E-state index contributed by atoms with van der Waals surface area (Å²) in [5.74, 6) is -1.19. The molecule has 0 aliphatic carbocycles. The molecular weight excluding hydrogens is 286 g/mol. The van der Waals surface area contributed by atoms with Crippen molar-refractivity contribution in [3.8, 4) is 0 Å². The summed E-state index contributed by atoms with van der Waals surface area (Å²) in [7, 11) is 0. The highest BCUT2D eigenvalue weighted by Gasteiger charge is 2.33. The van der Waals surface area contributed by atoms with Crippen LogP contribution in [-0.4, -0.2) is 20.5 Å². The first-order valence-corrected chi connectivity index (χ1v) is 5.73. The number of hydrogen-bond donors (Lipinski definition) is 1. The summed E-state index contributed by atoms with van der Waals surface area (Å²) < 4.78 is -0.486. The molecule has 1 N–H and O–H groups in total. The van der Waals surface area contributed by atoms with Crippen molar-refractivity contribution in [1.29, 1.82) is 0 Å². The van der Waals surface area contributed by atoms with E-state index in [0.29, 0.717) is 5.65 Å². The third-order valence-electron chi connectivity index (χ3n) is 2.25. The molecule has 17 heavy (non-hydrogen) atoms. The van der Waals surface area contributed by atoms with Crippen molar-refractivity contribution >= 4 is 46.4 Å². The number of fused-ring (bicyclic) bond motifs is 1. The van der Waals surface area contributed by atoms with Crippen LogP contribution < -0.4 is 0 Å². The fourth-order valence-corrected chi connectivity index (χ4v) is 1.94. The van der Waals surface area contributed by atoms with Crippen LogP contribution in [0.5, 0.6) is 0 Å². The molecule has 90 valence electrons. The van der Waals surface area contributed by atoms with Crippen LogP contribution in [0.25, 0.3) is 5.65 Å². The molecule has 0 saturated carbocycles. The first-order valence-electron chi connectivity index (χ1n) is 4.60. The van der Waals surface area contributed by atoms with Gasteiger partial charge in [-0.15, -0.1) is 0 Å². The van der Waals surface area contributed by atoms with Gasteiger partial charge in [-0.1, -0.05) is 34.8 Å². The Labute approximate surface area is 112 Å². The molecule has 0 fully saturated rings. The number of pyridine rings is 1. The second-order valence-corrected chi connectivity index (χ2v) is 5.83. The molecule has 0 atom stereocenters. The van der Waals surface area contributed by atoms with Gasteiger partial charge in [-0.2, -0.15) is 0 Å². The number of rotatable bonds is 1. The van der Waals surface area contributed by atoms with E-state index in [2.05, 4.69) is 4.98 Å². The first-order chi connectivity index (χ1) is 7.80. The van der Waals surface area contributed by atoms with E-state index < -0.39 is 9.76 Å². The van der Waals surface area contributed by atoms with Crippen LogP contribution in [0.1, 0.15) is 21.7 Å². The molecule has 7 heteroatoms. The Morgan fingerprint density at radius 2 is 2.12 bits per heavy atom. The maximum absolute atomic E-state index is 11.2. The molecule has 0 aliphatic rings. The zero-order valence-corrected chi connectivity index (χ0v) is 10.9. The van der Waals surface area contributed by atoms with Crippen molar-refractivity contribution in [3.05, 3.63) is 35.3 Å². The molecule has 0 aliphatic heterocycles. The van der Waals surface area contributed by atoms with E-state index in [-0.39, 0.29) is 11.4 Å². The molecule has 2 aromatic heterocycles. The largest absolute Gasteiger partial charge is 0.477 e. The lowest BCUT2D eigenvalue weighted by Crippen LogP contribution is -2.11. The highest BCUT2D eigenvalue weighted by Crippen LogP contribution is 2.39. The topological polar surface area (TPSA) is 54.6 Å². The number of carbonyl (C=O) groups is 1. The number of aromatic nitrogens is 2. The zero-order chi connectivity index (χ0) is 12.8. The van der Waals surface area contributed by atoms with E-state index >= 15 is 0 Å². The summed E-state index contributed by atoms with van der Waals surface area (Å²) in [6, 6.07) is 3.47. The molecule has 4 nitrogen and oxygen atoms in total. The van der Waals surface area contributed by atoms with Crippen molar-refractivity contribution in [2.45, 2.75) is 10.7 Å². The SMILES string of the molecule is Cc1ccn2c(C(=O)O)c(C(Cl)(Cl)Cl)nc2c1. The van der Waals surface area contributed by atoms with Crippen LogP contribution in [-0.2, 0) is 3.79 Å². The Kier molecular flexibility index (Phi) is 2.97. The third-order valence-corrected chi connectivity index (χ3v) is 2.79. The predicted octanol–water partition coefficient (Wildman–Crippen LogP) is 3.17. The van der Waals surface area contributed by atoms with Crippen molar-refractivity contribution in [1.82, 2.24) is 9.38 Å². The van der Waals surface area contributed by atoms with Gasteiger partial charge in [0, 0.05) is 6.20 Å². The van der Waals surface area contributed by atoms with Gasteiger partial charge in [-0.3, -0.25) is 4.40 Å². The number of nitrogens with zero attached hydrogens (tertiary/aromatic N) is 2. The van der Waals surface area contributed by atoms with Crippen molar-refractivity contribution in [3.63, 3.8) is 0 Å². The fraction of sp³-hybridized carbons (Fsp3) is 0.200. The number of halogens is 3. The van der Waals surface area contributed by atoms with Gasteiger partial charge in [0.2, 0.25) is 3.79 Å². The maximum atomic E-state index is 11.2. The van der Waals surface area contributed by atoms with E-state index in [9.17, 15) is 4.79 Å². The monoisotopic (exact) mass is 292 g/mol. The molecule has 2 rings (SSSR count). The summed E-state index contributed by atoms with van der Waals surface area (Å²) in [5, 5.41) is 9.15. The standard InChI is InChI=1S/C10H7Cl3N2O2/c1-5-2-3-15-6(4-5)14-8(10(11,12)13)7(15)9(16)17/h2-4H,1H3,(H,16,17). The van der Waals surface area contributed by atoms with Crippen LogP contribution in [0, 0.1) is 6.92 Å². The average molecular weight is 294 g/mol. The Balaban J connectivity index is 2.84. The number of aromatic carboxylic acids is 1. The average Bonchev–Trinajstić information content (AvgIpc) is 2.55. The minimum absolute atomic E-state index is 0.0828. The number of alkyl halides is 3. The van der Waals surface area contributed by atoms with E-state index in [0.717, 1.165) is 5.56 Å². The summed E-state index contributed by atoms with van der Waals surface area (Å²) in [4.78, 5) is 15.2. The van der Waals surface area contributed by atoms with Gasteiger partial charge < -0.3 is 5.11 Å². The molecule has 2 aromatic rings. The van der Waals surface area contributed by atoms with Crippen LogP contribution in [0.2, 0.25) is 0 Å². The summed E-state index contributed by atoms with van der Waals surface area (Å²) in [6.07, 6.45) is 1.58. The molecule has 0 saturated heterocycles. The van der Waals surface area contributed by atoms with Gasteiger partial charge in [0.15, 0.2) is 5.69 Å².